The SMILES string of the molecule is C=C/C=C(\C=C)CN(C)CCN(C)C. The summed E-state index contributed by atoms with van der Waals surface area (Å²) in [6, 6.07) is 0. The Morgan fingerprint density at radius 3 is 2.21 bits per heavy atom. The highest BCUT2D eigenvalue weighted by atomic mass is 15.1. The van der Waals surface area contributed by atoms with E-state index in [4.69, 9.17) is 0 Å². The van der Waals surface area contributed by atoms with Crippen molar-refractivity contribution in [1.82, 2.24) is 9.80 Å². The van der Waals surface area contributed by atoms with Gasteiger partial charge in [0.15, 0.2) is 0 Å². The van der Waals surface area contributed by atoms with Gasteiger partial charge in [0, 0.05) is 19.6 Å². The van der Waals surface area contributed by atoms with Gasteiger partial charge in [0.05, 0.1) is 0 Å². The maximum Gasteiger partial charge on any atom is 0.0231 e. The highest BCUT2D eigenvalue weighted by Crippen LogP contribution is 1.99. The van der Waals surface area contributed by atoms with Crippen molar-refractivity contribution in [3.8, 4) is 0 Å². The summed E-state index contributed by atoms with van der Waals surface area (Å²) in [6.45, 7) is 10.5. The van der Waals surface area contributed by atoms with Gasteiger partial charge in [-0.1, -0.05) is 31.4 Å². The molecule has 2 nitrogen and oxygen atoms in total. The molecule has 14 heavy (non-hydrogen) atoms. The van der Waals surface area contributed by atoms with E-state index in [1.165, 1.54) is 5.57 Å². The second-order valence-corrected chi connectivity index (χ2v) is 3.72. The molecule has 0 heterocycles. The second kappa shape index (κ2) is 7.54. The minimum Gasteiger partial charge on any atom is -0.308 e. The first kappa shape index (κ1) is 13.1. The summed E-state index contributed by atoms with van der Waals surface area (Å²) in [4.78, 5) is 4.46. The molecule has 0 aliphatic heterocycles. The Kier molecular flexibility index (Phi) is 7.07. The summed E-state index contributed by atoms with van der Waals surface area (Å²) in [5.74, 6) is 0. The van der Waals surface area contributed by atoms with E-state index in [9.17, 15) is 0 Å². The first-order valence-corrected chi connectivity index (χ1v) is 4.87. The zero-order chi connectivity index (χ0) is 11.0. The quantitative estimate of drug-likeness (QED) is 0.570. The molecule has 80 valence electrons. The summed E-state index contributed by atoms with van der Waals surface area (Å²) < 4.78 is 0. The lowest BCUT2D eigenvalue weighted by Gasteiger charge is -2.19. The van der Waals surface area contributed by atoms with E-state index in [2.05, 4.69) is 44.1 Å². The van der Waals surface area contributed by atoms with Crippen LogP contribution in [0.3, 0.4) is 0 Å². The number of rotatable bonds is 7. The van der Waals surface area contributed by atoms with E-state index in [-0.39, 0.29) is 0 Å². The van der Waals surface area contributed by atoms with Gasteiger partial charge in [0.2, 0.25) is 0 Å². The van der Waals surface area contributed by atoms with Crippen LogP contribution in [-0.4, -0.2) is 50.6 Å². The summed E-state index contributed by atoms with van der Waals surface area (Å²) in [6.07, 6.45) is 5.68. The molecule has 0 N–H and O–H groups in total. The van der Waals surface area contributed by atoms with Gasteiger partial charge in [-0.2, -0.15) is 0 Å². The molecule has 0 amide bonds. The lowest BCUT2D eigenvalue weighted by atomic mass is 10.2. The Labute approximate surface area is 88.2 Å². The molecule has 0 bridgehead atoms. The molecule has 0 aliphatic carbocycles. The first-order valence-electron chi connectivity index (χ1n) is 4.87. The first-order chi connectivity index (χ1) is 6.60. The number of allylic oxidation sites excluding steroid dienone is 2. The van der Waals surface area contributed by atoms with Gasteiger partial charge in [-0.05, 0) is 26.7 Å². The van der Waals surface area contributed by atoms with Crippen molar-refractivity contribution in [2.45, 2.75) is 0 Å². The van der Waals surface area contributed by atoms with E-state index < -0.39 is 0 Å². The normalized spacial score (nSPS) is 12.2. The average Bonchev–Trinajstić information content (AvgIpc) is 2.14. The Hall–Kier alpha value is -0.860. The molecule has 0 rings (SSSR count). The Morgan fingerprint density at radius 1 is 1.14 bits per heavy atom. The van der Waals surface area contributed by atoms with Crippen LogP contribution in [0.2, 0.25) is 0 Å². The molecule has 0 fully saturated rings. The molecule has 0 aromatic rings. The summed E-state index contributed by atoms with van der Waals surface area (Å²) >= 11 is 0. The number of likely N-dealkylation sites (N-methyl/N-ethyl adjacent to an activating group) is 2. The minimum atomic E-state index is 0.934. The topological polar surface area (TPSA) is 6.48 Å². The molecule has 0 saturated heterocycles. The van der Waals surface area contributed by atoms with Crippen LogP contribution in [0, 0.1) is 0 Å². The largest absolute Gasteiger partial charge is 0.308 e. The molecule has 0 aliphatic rings. The Balaban J connectivity index is 3.90. The van der Waals surface area contributed by atoms with Crippen LogP contribution in [0.15, 0.2) is 37.0 Å². The van der Waals surface area contributed by atoms with Gasteiger partial charge in [0.25, 0.3) is 0 Å². The molecule has 0 unspecified atom stereocenters. The summed E-state index contributed by atoms with van der Waals surface area (Å²) in [5.41, 5.74) is 1.21. The van der Waals surface area contributed by atoms with Gasteiger partial charge < -0.3 is 9.80 Å². The van der Waals surface area contributed by atoms with Crippen LogP contribution in [0.5, 0.6) is 0 Å². The van der Waals surface area contributed by atoms with Gasteiger partial charge in [-0.3, -0.25) is 0 Å². The summed E-state index contributed by atoms with van der Waals surface area (Å²) in [5, 5.41) is 0. The molecule has 0 spiro atoms. The molecule has 0 saturated carbocycles. The minimum absolute atomic E-state index is 0.934. The Bertz CT molecular complexity index is 204. The Morgan fingerprint density at radius 2 is 1.79 bits per heavy atom. The van der Waals surface area contributed by atoms with Crippen molar-refractivity contribution in [3.63, 3.8) is 0 Å². The highest BCUT2D eigenvalue weighted by Gasteiger charge is 2.00. The monoisotopic (exact) mass is 194 g/mol. The molecule has 0 atom stereocenters. The second-order valence-electron chi connectivity index (χ2n) is 3.72. The van der Waals surface area contributed by atoms with Crippen molar-refractivity contribution in [2.75, 3.05) is 40.8 Å². The van der Waals surface area contributed by atoms with E-state index in [1.54, 1.807) is 6.08 Å². The molecular weight excluding hydrogens is 172 g/mol. The van der Waals surface area contributed by atoms with Crippen LogP contribution >= 0.6 is 0 Å². The van der Waals surface area contributed by atoms with Crippen LogP contribution < -0.4 is 0 Å². The molecule has 2 heteroatoms. The van der Waals surface area contributed by atoms with Crippen molar-refractivity contribution < 1.29 is 0 Å². The fourth-order valence-corrected chi connectivity index (χ4v) is 1.10. The highest BCUT2D eigenvalue weighted by molar-refractivity contribution is 5.22. The number of nitrogens with zero attached hydrogens (tertiary/aromatic N) is 2. The van der Waals surface area contributed by atoms with Gasteiger partial charge >= 0.3 is 0 Å². The van der Waals surface area contributed by atoms with Crippen molar-refractivity contribution in [2.24, 2.45) is 0 Å². The van der Waals surface area contributed by atoms with Crippen LogP contribution in [0.1, 0.15) is 0 Å². The van der Waals surface area contributed by atoms with Crippen molar-refractivity contribution in [3.05, 3.63) is 37.0 Å². The zero-order valence-electron chi connectivity index (χ0n) is 9.66. The van der Waals surface area contributed by atoms with Crippen molar-refractivity contribution >= 4 is 0 Å². The molecular formula is C12H22N2. The third-order valence-corrected chi connectivity index (χ3v) is 1.98. The number of hydrogen-bond donors (Lipinski definition) is 0. The smallest absolute Gasteiger partial charge is 0.0231 e. The zero-order valence-corrected chi connectivity index (χ0v) is 9.66. The maximum absolute atomic E-state index is 3.77. The van der Waals surface area contributed by atoms with E-state index in [0.717, 1.165) is 19.6 Å². The van der Waals surface area contributed by atoms with E-state index in [1.807, 2.05) is 12.2 Å². The van der Waals surface area contributed by atoms with E-state index in [0.29, 0.717) is 0 Å². The van der Waals surface area contributed by atoms with Gasteiger partial charge in [0.1, 0.15) is 0 Å². The predicted molar refractivity (Wildman–Crippen MR) is 64.5 cm³/mol. The van der Waals surface area contributed by atoms with Gasteiger partial charge in [-0.25, -0.2) is 0 Å². The lowest BCUT2D eigenvalue weighted by molar-refractivity contribution is 0.299. The fourth-order valence-electron chi connectivity index (χ4n) is 1.10. The third-order valence-electron chi connectivity index (χ3n) is 1.98. The van der Waals surface area contributed by atoms with Gasteiger partial charge in [-0.15, -0.1) is 0 Å². The van der Waals surface area contributed by atoms with Crippen LogP contribution in [0.25, 0.3) is 0 Å². The number of hydrogen-bond acceptors (Lipinski definition) is 2. The predicted octanol–water partition coefficient (Wildman–Crippen LogP) is 1.78. The molecule has 0 aromatic heterocycles. The third kappa shape index (κ3) is 6.63. The fraction of sp³-hybridized carbons (Fsp3) is 0.500. The van der Waals surface area contributed by atoms with Crippen LogP contribution in [0.4, 0.5) is 0 Å². The summed E-state index contributed by atoms with van der Waals surface area (Å²) in [7, 11) is 6.29. The average molecular weight is 194 g/mol. The maximum atomic E-state index is 3.77. The van der Waals surface area contributed by atoms with Crippen molar-refractivity contribution in [1.29, 1.82) is 0 Å². The standard InChI is InChI=1S/C12H22N2/c1-6-8-12(7-2)11-14(5)10-9-13(3)4/h6-8H,1-2,9-11H2,3-5H3/b12-8+. The van der Waals surface area contributed by atoms with E-state index >= 15 is 0 Å². The molecule has 0 radical (unpaired) electrons. The molecule has 0 aromatic carbocycles. The van der Waals surface area contributed by atoms with Crippen LogP contribution in [-0.2, 0) is 0 Å². The lowest BCUT2D eigenvalue weighted by Crippen LogP contribution is -2.29.